The molecule has 11 nitrogen and oxygen atoms in total. The number of hydrogen-bond acceptors (Lipinski definition) is 8. The molecule has 12 heteroatoms. The van der Waals surface area contributed by atoms with Gasteiger partial charge in [-0.1, -0.05) is 41.9 Å². The quantitative estimate of drug-likeness (QED) is 0.355. The number of amides is 3. The number of ether oxygens (including phenoxy) is 2. The molecule has 0 aliphatic carbocycles. The van der Waals surface area contributed by atoms with Gasteiger partial charge in [0, 0.05) is 44.2 Å². The maximum Gasteiger partial charge on any atom is 0.409 e. The Hall–Kier alpha value is -3.73. The monoisotopic (exact) mass is 573 g/mol. The fourth-order valence-electron chi connectivity index (χ4n) is 4.13. The first kappa shape index (κ1) is 30.8. The number of aromatic nitrogens is 2. The molecule has 2 heterocycles. The summed E-state index contributed by atoms with van der Waals surface area (Å²) in [5.41, 5.74) is 0.0708. The van der Waals surface area contributed by atoms with Crippen LogP contribution in [0.3, 0.4) is 0 Å². The third-order valence-electron chi connectivity index (χ3n) is 5.97. The molecule has 3 amide bonds. The van der Waals surface area contributed by atoms with Crippen molar-refractivity contribution in [2.24, 2.45) is 0 Å². The molecule has 0 saturated carbocycles. The van der Waals surface area contributed by atoms with E-state index < -0.39 is 23.6 Å². The molecule has 1 saturated heterocycles. The van der Waals surface area contributed by atoms with Crippen molar-refractivity contribution in [1.82, 2.24) is 25.1 Å². The summed E-state index contributed by atoms with van der Waals surface area (Å²) in [6.45, 7) is 8.54. The van der Waals surface area contributed by atoms with Gasteiger partial charge in [0.1, 0.15) is 22.5 Å². The molecule has 1 fully saturated rings. The summed E-state index contributed by atoms with van der Waals surface area (Å²) in [5.74, 6) is -1.02. The highest BCUT2D eigenvalue weighted by Crippen LogP contribution is 2.19. The molecule has 40 heavy (non-hydrogen) atoms. The lowest BCUT2D eigenvalue weighted by Crippen LogP contribution is -2.56. The molecular weight excluding hydrogens is 538 g/mol. The van der Waals surface area contributed by atoms with E-state index in [9.17, 15) is 19.2 Å². The van der Waals surface area contributed by atoms with E-state index in [1.165, 1.54) is 11.0 Å². The predicted octanol–water partition coefficient (Wildman–Crippen LogP) is 3.71. The number of hydrogen-bond donors (Lipinski definition) is 1. The maximum atomic E-state index is 13.5. The van der Waals surface area contributed by atoms with Crippen LogP contribution < -0.4 is 5.32 Å². The minimum Gasteiger partial charge on any atom is -0.460 e. The van der Waals surface area contributed by atoms with Crippen molar-refractivity contribution in [2.75, 3.05) is 32.8 Å². The average molecular weight is 574 g/mol. The second-order valence-electron chi connectivity index (χ2n) is 10.3. The molecule has 216 valence electrons. The van der Waals surface area contributed by atoms with Crippen molar-refractivity contribution < 1.29 is 28.7 Å². The van der Waals surface area contributed by atoms with E-state index in [0.29, 0.717) is 25.1 Å². The molecule has 1 atom stereocenters. The predicted molar refractivity (Wildman–Crippen MR) is 149 cm³/mol. The van der Waals surface area contributed by atoms with Crippen LogP contribution in [0.15, 0.2) is 36.4 Å². The van der Waals surface area contributed by atoms with E-state index in [4.69, 9.17) is 21.1 Å². The van der Waals surface area contributed by atoms with Crippen LogP contribution in [0.5, 0.6) is 0 Å². The molecule has 0 bridgehead atoms. The van der Waals surface area contributed by atoms with Gasteiger partial charge in [0.15, 0.2) is 5.82 Å². The smallest absolute Gasteiger partial charge is 0.409 e. The Morgan fingerprint density at radius 1 is 1.02 bits per heavy atom. The number of benzene rings is 1. The summed E-state index contributed by atoms with van der Waals surface area (Å²) in [4.78, 5) is 62.8. The number of piperazine rings is 1. The Morgan fingerprint density at radius 3 is 2.30 bits per heavy atom. The minimum atomic E-state index is -0.932. The molecule has 1 aliphatic heterocycles. The van der Waals surface area contributed by atoms with Gasteiger partial charge in [-0.3, -0.25) is 14.4 Å². The molecule has 1 N–H and O–H groups in total. The molecule has 2 aromatic rings. The number of rotatable bonds is 9. The van der Waals surface area contributed by atoms with Crippen molar-refractivity contribution in [1.29, 1.82) is 0 Å². The lowest BCUT2D eigenvalue weighted by Gasteiger charge is -2.36. The zero-order valence-electron chi connectivity index (χ0n) is 23.3. The summed E-state index contributed by atoms with van der Waals surface area (Å²) in [5, 5.41) is 2.86. The Labute approximate surface area is 239 Å². The van der Waals surface area contributed by atoms with Gasteiger partial charge in [-0.2, -0.15) is 0 Å². The van der Waals surface area contributed by atoms with Crippen molar-refractivity contribution in [3.8, 4) is 11.4 Å². The van der Waals surface area contributed by atoms with Crippen LogP contribution in [0.2, 0.25) is 5.15 Å². The van der Waals surface area contributed by atoms with E-state index in [1.54, 1.807) is 44.7 Å². The van der Waals surface area contributed by atoms with Crippen LogP contribution in [-0.2, 0) is 19.1 Å². The first-order chi connectivity index (χ1) is 19.0. The van der Waals surface area contributed by atoms with Crippen molar-refractivity contribution >= 4 is 35.5 Å². The Morgan fingerprint density at radius 2 is 1.68 bits per heavy atom. The molecule has 0 spiro atoms. The van der Waals surface area contributed by atoms with Crippen LogP contribution in [0.4, 0.5) is 4.79 Å². The molecular formula is C28H36ClN5O6. The largest absolute Gasteiger partial charge is 0.460 e. The lowest BCUT2D eigenvalue weighted by molar-refractivity contribution is -0.155. The van der Waals surface area contributed by atoms with Crippen molar-refractivity contribution in [2.45, 2.75) is 58.6 Å². The summed E-state index contributed by atoms with van der Waals surface area (Å²) >= 11 is 6.20. The molecule has 1 aromatic heterocycles. The van der Waals surface area contributed by atoms with E-state index in [0.717, 1.165) is 0 Å². The normalized spacial score (nSPS) is 14.3. The van der Waals surface area contributed by atoms with Gasteiger partial charge in [0.05, 0.1) is 6.61 Å². The van der Waals surface area contributed by atoms with Crippen LogP contribution in [0.1, 0.15) is 57.4 Å². The molecule has 0 radical (unpaired) electrons. The maximum absolute atomic E-state index is 13.5. The lowest BCUT2D eigenvalue weighted by atomic mass is 10.1. The zero-order chi connectivity index (χ0) is 29.3. The van der Waals surface area contributed by atoms with Crippen LogP contribution in [0, 0.1) is 0 Å². The third kappa shape index (κ3) is 9.18. The van der Waals surface area contributed by atoms with Gasteiger partial charge < -0.3 is 24.6 Å². The van der Waals surface area contributed by atoms with Crippen LogP contribution in [-0.4, -0.2) is 88.1 Å². The highest BCUT2D eigenvalue weighted by molar-refractivity contribution is 6.29. The number of nitrogens with zero attached hydrogens (tertiary/aromatic N) is 4. The second kappa shape index (κ2) is 14.1. The van der Waals surface area contributed by atoms with Gasteiger partial charge >= 0.3 is 12.1 Å². The molecule has 1 aliphatic rings. The number of nitrogens with one attached hydrogen (secondary N) is 1. The summed E-state index contributed by atoms with van der Waals surface area (Å²) < 4.78 is 10.4. The number of esters is 1. The molecule has 3 rings (SSSR count). The Balaban J connectivity index is 1.73. The molecule has 1 aromatic carbocycles. The van der Waals surface area contributed by atoms with E-state index in [1.807, 2.05) is 18.2 Å². The van der Waals surface area contributed by atoms with Crippen molar-refractivity contribution in [3.63, 3.8) is 0 Å². The number of carbonyl (C=O) groups is 4. The highest BCUT2D eigenvalue weighted by Gasteiger charge is 2.31. The number of halogens is 1. The Bertz CT molecular complexity index is 1200. The fourth-order valence-corrected chi connectivity index (χ4v) is 4.31. The highest BCUT2D eigenvalue weighted by atomic mass is 35.5. The SMILES string of the molecule is CCOC(=O)N1CCN(C(=O)[C@H](CCCC(=O)OC(C)(C)C)NC(=O)c2cc(Cl)nc(-c3ccccc3)n2)CC1. The fraction of sp³-hybridized carbons (Fsp3) is 0.500. The average Bonchev–Trinajstić information content (AvgIpc) is 2.91. The van der Waals surface area contributed by atoms with Crippen LogP contribution >= 0.6 is 11.6 Å². The van der Waals surface area contributed by atoms with Crippen molar-refractivity contribution in [3.05, 3.63) is 47.2 Å². The van der Waals surface area contributed by atoms with E-state index >= 15 is 0 Å². The van der Waals surface area contributed by atoms with E-state index in [-0.39, 0.29) is 61.1 Å². The second-order valence-corrected chi connectivity index (χ2v) is 10.7. The topological polar surface area (TPSA) is 131 Å². The van der Waals surface area contributed by atoms with Gasteiger partial charge in [-0.15, -0.1) is 0 Å². The Kier molecular flexibility index (Phi) is 10.8. The third-order valence-corrected chi connectivity index (χ3v) is 6.17. The zero-order valence-corrected chi connectivity index (χ0v) is 24.1. The summed E-state index contributed by atoms with van der Waals surface area (Å²) in [6.07, 6.45) is 0.178. The first-order valence-electron chi connectivity index (χ1n) is 13.3. The van der Waals surface area contributed by atoms with Gasteiger partial charge in [-0.25, -0.2) is 14.8 Å². The van der Waals surface area contributed by atoms with Gasteiger partial charge in [0.25, 0.3) is 5.91 Å². The number of carbonyl (C=O) groups excluding carboxylic acids is 4. The minimum absolute atomic E-state index is 0.0101. The van der Waals surface area contributed by atoms with Gasteiger partial charge in [-0.05, 0) is 40.5 Å². The summed E-state index contributed by atoms with van der Waals surface area (Å²) in [7, 11) is 0. The van der Waals surface area contributed by atoms with Crippen LogP contribution in [0.25, 0.3) is 11.4 Å². The molecule has 0 unspecified atom stereocenters. The standard InChI is InChI=1S/C28H36ClN5O6/c1-5-39-27(38)34-16-14-33(15-17-34)26(37)20(12-9-13-23(35)40-28(2,3)4)31-25(36)21-18-22(29)32-24(30-21)19-10-7-6-8-11-19/h6-8,10-11,18,20H,5,9,12-17H2,1-4H3,(H,31,36)/t20-/m0/s1. The first-order valence-corrected chi connectivity index (χ1v) is 13.7. The summed E-state index contributed by atoms with van der Waals surface area (Å²) in [6, 6.07) is 9.49. The van der Waals surface area contributed by atoms with E-state index in [2.05, 4.69) is 15.3 Å². The van der Waals surface area contributed by atoms with Gasteiger partial charge in [0.2, 0.25) is 5.91 Å².